The summed E-state index contributed by atoms with van der Waals surface area (Å²) in [5.41, 5.74) is 2.81. The summed E-state index contributed by atoms with van der Waals surface area (Å²) in [6.07, 6.45) is 7.21. The first kappa shape index (κ1) is 14.6. The van der Waals surface area contributed by atoms with Crippen molar-refractivity contribution in [2.75, 3.05) is 0 Å². The standard InChI is InChI=1S/C15H23ClN2O/c1-10(2)13-12(15(16)18(3)17-13)14(19)11-8-6-4-5-7-9-11/h8,10,14,19H,4-7,9H2,1-3H3. The molecule has 0 bridgehead atoms. The molecule has 1 aromatic heterocycles. The molecule has 19 heavy (non-hydrogen) atoms. The first-order valence-electron chi connectivity index (χ1n) is 7.11. The monoisotopic (exact) mass is 282 g/mol. The van der Waals surface area contributed by atoms with E-state index < -0.39 is 6.10 Å². The number of allylic oxidation sites excluding steroid dienone is 1. The van der Waals surface area contributed by atoms with Crippen LogP contribution in [-0.4, -0.2) is 14.9 Å². The number of nitrogens with zero attached hydrogens (tertiary/aromatic N) is 2. The van der Waals surface area contributed by atoms with Gasteiger partial charge in [0.05, 0.1) is 5.69 Å². The molecule has 0 amide bonds. The van der Waals surface area contributed by atoms with Gasteiger partial charge >= 0.3 is 0 Å². The van der Waals surface area contributed by atoms with E-state index in [1.54, 1.807) is 4.68 Å². The number of halogens is 1. The maximum absolute atomic E-state index is 10.7. The Hall–Kier alpha value is -0.800. The van der Waals surface area contributed by atoms with Gasteiger partial charge in [-0.15, -0.1) is 0 Å². The summed E-state index contributed by atoms with van der Waals surface area (Å²) < 4.78 is 1.66. The summed E-state index contributed by atoms with van der Waals surface area (Å²) >= 11 is 6.33. The minimum Gasteiger partial charge on any atom is -0.384 e. The first-order valence-corrected chi connectivity index (χ1v) is 7.49. The van der Waals surface area contributed by atoms with E-state index in [2.05, 4.69) is 25.0 Å². The van der Waals surface area contributed by atoms with Crippen molar-refractivity contribution in [3.05, 3.63) is 28.1 Å². The molecule has 1 atom stereocenters. The Kier molecular flexibility index (Phi) is 4.69. The molecule has 2 rings (SSSR count). The van der Waals surface area contributed by atoms with E-state index in [0.29, 0.717) is 5.15 Å². The van der Waals surface area contributed by atoms with Gasteiger partial charge in [-0.3, -0.25) is 4.68 Å². The third-order valence-corrected chi connectivity index (χ3v) is 4.24. The maximum Gasteiger partial charge on any atom is 0.133 e. The van der Waals surface area contributed by atoms with Crippen molar-refractivity contribution in [3.8, 4) is 0 Å². The van der Waals surface area contributed by atoms with Crippen LogP contribution in [0.3, 0.4) is 0 Å². The normalized spacial score (nSPS) is 18.3. The van der Waals surface area contributed by atoms with Crippen LogP contribution in [0.2, 0.25) is 5.15 Å². The molecule has 1 aliphatic rings. The zero-order chi connectivity index (χ0) is 14.0. The minimum absolute atomic E-state index is 0.259. The van der Waals surface area contributed by atoms with Crippen LogP contribution in [0.5, 0.6) is 0 Å². The van der Waals surface area contributed by atoms with Gasteiger partial charge in [-0.25, -0.2) is 0 Å². The van der Waals surface area contributed by atoms with Crippen molar-refractivity contribution in [1.29, 1.82) is 0 Å². The zero-order valence-corrected chi connectivity index (χ0v) is 12.7. The second-order valence-electron chi connectivity index (χ2n) is 5.65. The van der Waals surface area contributed by atoms with Crippen molar-refractivity contribution < 1.29 is 5.11 Å². The van der Waals surface area contributed by atoms with Crippen LogP contribution in [0.4, 0.5) is 0 Å². The Labute approximate surface area is 120 Å². The van der Waals surface area contributed by atoms with Gasteiger partial charge in [-0.2, -0.15) is 5.10 Å². The molecule has 106 valence electrons. The third kappa shape index (κ3) is 3.03. The summed E-state index contributed by atoms with van der Waals surface area (Å²) in [6.45, 7) is 4.16. The largest absolute Gasteiger partial charge is 0.384 e. The van der Waals surface area contributed by atoms with Gasteiger partial charge in [0.1, 0.15) is 11.3 Å². The number of aliphatic hydroxyl groups excluding tert-OH is 1. The van der Waals surface area contributed by atoms with Gasteiger partial charge in [-0.05, 0) is 37.2 Å². The molecule has 1 heterocycles. The average molecular weight is 283 g/mol. The minimum atomic E-state index is -0.600. The number of hydrogen-bond donors (Lipinski definition) is 1. The molecule has 0 aromatic carbocycles. The summed E-state index contributed by atoms with van der Waals surface area (Å²) in [6, 6.07) is 0. The molecular formula is C15H23ClN2O. The van der Waals surface area contributed by atoms with Gasteiger partial charge in [0.15, 0.2) is 0 Å². The summed E-state index contributed by atoms with van der Waals surface area (Å²) in [5.74, 6) is 0.259. The van der Waals surface area contributed by atoms with Gasteiger partial charge in [0.2, 0.25) is 0 Å². The van der Waals surface area contributed by atoms with E-state index in [1.807, 2.05) is 7.05 Å². The van der Waals surface area contributed by atoms with Gasteiger partial charge in [0, 0.05) is 12.6 Å². The Morgan fingerprint density at radius 3 is 2.74 bits per heavy atom. The molecule has 3 nitrogen and oxygen atoms in total. The summed E-state index contributed by atoms with van der Waals surface area (Å²) in [7, 11) is 1.83. The van der Waals surface area contributed by atoms with Crippen LogP contribution in [0, 0.1) is 0 Å². The van der Waals surface area contributed by atoms with E-state index in [0.717, 1.165) is 36.1 Å². The zero-order valence-electron chi connectivity index (χ0n) is 12.0. The number of hydrogen-bond acceptors (Lipinski definition) is 2. The predicted molar refractivity (Wildman–Crippen MR) is 78.4 cm³/mol. The predicted octanol–water partition coefficient (Wildman–Crippen LogP) is 4.12. The van der Waals surface area contributed by atoms with Gasteiger partial charge in [-0.1, -0.05) is 37.9 Å². The summed E-state index contributed by atoms with van der Waals surface area (Å²) in [5, 5.41) is 15.7. The quantitative estimate of drug-likeness (QED) is 0.847. The van der Waals surface area contributed by atoms with Crippen molar-refractivity contribution in [3.63, 3.8) is 0 Å². The van der Waals surface area contributed by atoms with Crippen LogP contribution < -0.4 is 0 Å². The number of rotatable bonds is 3. The second kappa shape index (κ2) is 6.10. The lowest BCUT2D eigenvalue weighted by Crippen LogP contribution is -2.05. The third-order valence-electron chi connectivity index (χ3n) is 3.79. The molecule has 4 heteroatoms. The first-order chi connectivity index (χ1) is 9.02. The van der Waals surface area contributed by atoms with Gasteiger partial charge < -0.3 is 5.11 Å². The Morgan fingerprint density at radius 1 is 1.32 bits per heavy atom. The van der Waals surface area contributed by atoms with E-state index in [1.165, 1.54) is 12.8 Å². The van der Waals surface area contributed by atoms with Crippen LogP contribution >= 0.6 is 11.6 Å². The SMILES string of the molecule is CC(C)c1nn(C)c(Cl)c1C(O)C1=CCCCCC1. The second-order valence-corrected chi connectivity index (χ2v) is 6.01. The van der Waals surface area contributed by atoms with Crippen LogP contribution in [0.25, 0.3) is 0 Å². The molecule has 1 unspecified atom stereocenters. The van der Waals surface area contributed by atoms with Crippen LogP contribution in [0.15, 0.2) is 11.6 Å². The van der Waals surface area contributed by atoms with E-state index in [9.17, 15) is 5.11 Å². The van der Waals surface area contributed by atoms with E-state index in [-0.39, 0.29) is 5.92 Å². The van der Waals surface area contributed by atoms with Crippen molar-refractivity contribution in [2.45, 2.75) is 58.0 Å². The highest BCUT2D eigenvalue weighted by Crippen LogP contribution is 2.37. The van der Waals surface area contributed by atoms with Crippen molar-refractivity contribution in [2.24, 2.45) is 7.05 Å². The molecule has 0 spiro atoms. The number of aliphatic hydroxyl groups is 1. The molecule has 1 aliphatic carbocycles. The van der Waals surface area contributed by atoms with Crippen LogP contribution in [0.1, 0.15) is 69.2 Å². The highest BCUT2D eigenvalue weighted by molar-refractivity contribution is 6.30. The lowest BCUT2D eigenvalue weighted by molar-refractivity contribution is 0.209. The van der Waals surface area contributed by atoms with Crippen LogP contribution in [-0.2, 0) is 7.05 Å². The number of aromatic nitrogens is 2. The lowest BCUT2D eigenvalue weighted by Gasteiger charge is -2.16. The fourth-order valence-electron chi connectivity index (χ4n) is 2.69. The van der Waals surface area contributed by atoms with Gasteiger partial charge in [0.25, 0.3) is 0 Å². The average Bonchev–Trinajstić information content (AvgIpc) is 2.60. The molecule has 0 fully saturated rings. The lowest BCUT2D eigenvalue weighted by atomic mass is 9.95. The number of aryl methyl sites for hydroxylation is 1. The van der Waals surface area contributed by atoms with E-state index >= 15 is 0 Å². The Bertz CT molecular complexity index is 477. The molecule has 0 aliphatic heterocycles. The highest BCUT2D eigenvalue weighted by Gasteiger charge is 2.26. The molecule has 0 saturated carbocycles. The molecule has 0 saturated heterocycles. The maximum atomic E-state index is 10.7. The van der Waals surface area contributed by atoms with E-state index in [4.69, 9.17) is 11.6 Å². The molecule has 1 aromatic rings. The smallest absolute Gasteiger partial charge is 0.133 e. The van der Waals surface area contributed by atoms with Crippen molar-refractivity contribution in [1.82, 2.24) is 9.78 Å². The fraction of sp³-hybridized carbons (Fsp3) is 0.667. The Balaban J connectivity index is 2.37. The Morgan fingerprint density at radius 2 is 2.05 bits per heavy atom. The molecule has 1 N–H and O–H groups in total. The van der Waals surface area contributed by atoms with Crippen molar-refractivity contribution >= 4 is 11.6 Å². The fourth-order valence-corrected chi connectivity index (χ4v) is 2.93. The highest BCUT2D eigenvalue weighted by atomic mass is 35.5. The topological polar surface area (TPSA) is 38.0 Å². The molecular weight excluding hydrogens is 260 g/mol. The summed E-state index contributed by atoms with van der Waals surface area (Å²) in [4.78, 5) is 0. The molecule has 0 radical (unpaired) electrons.